The Balaban J connectivity index is 2.22. The Kier molecular flexibility index (Phi) is 3.40. The van der Waals surface area contributed by atoms with Crippen molar-refractivity contribution in [3.05, 3.63) is 48.4 Å². The zero-order valence-electron chi connectivity index (χ0n) is 9.78. The second-order valence-corrected chi connectivity index (χ2v) is 5.88. The van der Waals surface area contributed by atoms with Crippen LogP contribution < -0.4 is 0 Å². The normalized spacial score (nSPS) is 11.9. The molecule has 18 heavy (non-hydrogen) atoms. The van der Waals surface area contributed by atoms with Gasteiger partial charge in [-0.3, -0.25) is 0 Å². The summed E-state index contributed by atoms with van der Waals surface area (Å²) < 4.78 is 30.6. The number of benzene rings is 1. The topological polar surface area (TPSA) is 70.8 Å². The van der Waals surface area contributed by atoms with Gasteiger partial charge in [0.05, 0.1) is 17.7 Å². The van der Waals surface area contributed by atoms with E-state index in [-0.39, 0.29) is 17.2 Å². The lowest BCUT2D eigenvalue weighted by molar-refractivity contribution is 0.406. The van der Waals surface area contributed by atoms with Crippen molar-refractivity contribution in [2.45, 2.75) is 11.4 Å². The van der Waals surface area contributed by atoms with Gasteiger partial charge >= 0.3 is 0 Å². The second kappa shape index (κ2) is 4.83. The van der Waals surface area contributed by atoms with E-state index in [1.165, 1.54) is 41.9 Å². The smallest absolute Gasteiger partial charge is 0.243 e. The van der Waals surface area contributed by atoms with Gasteiger partial charge in [0, 0.05) is 7.05 Å². The fraction of sp³-hybridized carbons (Fsp3) is 0.167. The molecular formula is C12H13NO4S. The molecule has 0 aliphatic carbocycles. The summed E-state index contributed by atoms with van der Waals surface area (Å²) in [4.78, 5) is 0.134. The molecule has 6 heteroatoms. The van der Waals surface area contributed by atoms with Crippen LogP contribution in [0.1, 0.15) is 5.76 Å². The maximum absolute atomic E-state index is 12.2. The first-order valence-electron chi connectivity index (χ1n) is 5.28. The highest BCUT2D eigenvalue weighted by Gasteiger charge is 2.21. The monoisotopic (exact) mass is 267 g/mol. The molecule has 0 aliphatic rings. The second-order valence-electron chi connectivity index (χ2n) is 3.83. The van der Waals surface area contributed by atoms with Gasteiger partial charge in [0.25, 0.3) is 0 Å². The van der Waals surface area contributed by atoms with Crippen LogP contribution in [0.25, 0.3) is 0 Å². The minimum absolute atomic E-state index is 0.0302. The van der Waals surface area contributed by atoms with Crippen LogP contribution in [-0.4, -0.2) is 24.9 Å². The predicted octanol–water partition coefficient (Wildman–Crippen LogP) is 1.81. The van der Waals surface area contributed by atoms with Gasteiger partial charge in [-0.15, -0.1) is 0 Å². The van der Waals surface area contributed by atoms with Crippen LogP contribution in [0.5, 0.6) is 5.75 Å². The molecule has 0 atom stereocenters. The van der Waals surface area contributed by atoms with Crippen molar-refractivity contribution in [2.24, 2.45) is 0 Å². The van der Waals surface area contributed by atoms with Crippen molar-refractivity contribution in [1.29, 1.82) is 0 Å². The molecule has 0 bridgehead atoms. The van der Waals surface area contributed by atoms with Crippen LogP contribution in [0.3, 0.4) is 0 Å². The van der Waals surface area contributed by atoms with Gasteiger partial charge in [-0.25, -0.2) is 8.42 Å². The fourth-order valence-corrected chi connectivity index (χ4v) is 2.64. The van der Waals surface area contributed by atoms with E-state index in [1.54, 1.807) is 12.1 Å². The van der Waals surface area contributed by atoms with Gasteiger partial charge in [-0.05, 0) is 36.4 Å². The van der Waals surface area contributed by atoms with Crippen molar-refractivity contribution >= 4 is 10.0 Å². The maximum atomic E-state index is 12.2. The molecule has 1 aromatic heterocycles. The first-order valence-corrected chi connectivity index (χ1v) is 6.72. The zero-order chi connectivity index (χ0) is 13.2. The number of aromatic hydroxyl groups is 1. The third-order valence-corrected chi connectivity index (χ3v) is 4.32. The zero-order valence-corrected chi connectivity index (χ0v) is 10.6. The summed E-state index contributed by atoms with van der Waals surface area (Å²) in [5.41, 5.74) is 0. The first kappa shape index (κ1) is 12.7. The molecule has 0 fully saturated rings. The van der Waals surface area contributed by atoms with E-state index in [4.69, 9.17) is 9.52 Å². The number of phenolic OH excluding ortho intramolecular Hbond substituents is 1. The van der Waals surface area contributed by atoms with E-state index in [2.05, 4.69) is 0 Å². The van der Waals surface area contributed by atoms with Crippen molar-refractivity contribution in [3.63, 3.8) is 0 Å². The number of nitrogens with zero attached hydrogens (tertiary/aromatic N) is 1. The Hall–Kier alpha value is -1.79. The third-order valence-electron chi connectivity index (χ3n) is 2.50. The first-order chi connectivity index (χ1) is 8.50. The Labute approximate surface area is 105 Å². The molecule has 0 aliphatic heterocycles. The van der Waals surface area contributed by atoms with Crippen LogP contribution in [-0.2, 0) is 16.6 Å². The number of hydrogen-bond acceptors (Lipinski definition) is 4. The SMILES string of the molecule is CN(Cc1ccco1)S(=O)(=O)c1ccc(O)cc1. The van der Waals surface area contributed by atoms with Gasteiger partial charge < -0.3 is 9.52 Å². The molecule has 1 aromatic carbocycles. The molecule has 5 nitrogen and oxygen atoms in total. The molecule has 2 aromatic rings. The van der Waals surface area contributed by atoms with E-state index < -0.39 is 10.0 Å². The van der Waals surface area contributed by atoms with Crippen LogP contribution >= 0.6 is 0 Å². The Morgan fingerprint density at radius 1 is 1.22 bits per heavy atom. The third kappa shape index (κ3) is 2.55. The molecule has 1 heterocycles. The highest BCUT2D eigenvalue weighted by Crippen LogP contribution is 2.19. The Bertz CT molecular complexity index is 602. The largest absolute Gasteiger partial charge is 0.508 e. The number of furan rings is 1. The number of phenols is 1. The molecule has 0 amide bonds. The van der Waals surface area contributed by atoms with Crippen molar-refractivity contribution in [2.75, 3.05) is 7.05 Å². The minimum Gasteiger partial charge on any atom is -0.508 e. The van der Waals surface area contributed by atoms with E-state index in [0.29, 0.717) is 5.76 Å². The van der Waals surface area contributed by atoms with Crippen LogP contribution in [0.4, 0.5) is 0 Å². The highest BCUT2D eigenvalue weighted by molar-refractivity contribution is 7.89. The summed E-state index contributed by atoms with van der Waals surface area (Å²) >= 11 is 0. The quantitative estimate of drug-likeness (QED) is 0.917. The summed E-state index contributed by atoms with van der Waals surface area (Å²) in [5, 5.41) is 9.15. The highest BCUT2D eigenvalue weighted by atomic mass is 32.2. The molecule has 96 valence electrons. The number of hydrogen-bond donors (Lipinski definition) is 1. The molecule has 1 N–H and O–H groups in total. The molecular weight excluding hydrogens is 254 g/mol. The Morgan fingerprint density at radius 2 is 1.89 bits per heavy atom. The van der Waals surface area contributed by atoms with Gasteiger partial charge in [-0.2, -0.15) is 4.31 Å². The fourth-order valence-electron chi connectivity index (χ4n) is 1.51. The molecule has 2 rings (SSSR count). The Morgan fingerprint density at radius 3 is 2.44 bits per heavy atom. The molecule has 0 saturated carbocycles. The lowest BCUT2D eigenvalue weighted by atomic mass is 10.3. The van der Waals surface area contributed by atoms with Gasteiger partial charge in [0.2, 0.25) is 10.0 Å². The van der Waals surface area contributed by atoms with E-state index in [1.807, 2.05) is 0 Å². The number of sulfonamides is 1. The van der Waals surface area contributed by atoms with Gasteiger partial charge in [-0.1, -0.05) is 0 Å². The summed E-state index contributed by atoms with van der Waals surface area (Å²) in [6.45, 7) is 0.163. The van der Waals surface area contributed by atoms with E-state index >= 15 is 0 Å². The van der Waals surface area contributed by atoms with Crippen LogP contribution in [0, 0.1) is 0 Å². The van der Waals surface area contributed by atoms with E-state index in [9.17, 15) is 8.42 Å². The van der Waals surface area contributed by atoms with Crippen LogP contribution in [0.2, 0.25) is 0 Å². The molecule has 0 unspecified atom stereocenters. The van der Waals surface area contributed by atoms with Crippen molar-refractivity contribution in [3.8, 4) is 5.75 Å². The molecule has 0 spiro atoms. The number of rotatable bonds is 4. The van der Waals surface area contributed by atoms with Crippen molar-refractivity contribution < 1.29 is 17.9 Å². The average molecular weight is 267 g/mol. The lowest BCUT2D eigenvalue weighted by Crippen LogP contribution is -2.26. The summed E-state index contributed by atoms with van der Waals surface area (Å²) in [7, 11) is -2.09. The van der Waals surface area contributed by atoms with Crippen LogP contribution in [0.15, 0.2) is 52.0 Å². The summed E-state index contributed by atoms with van der Waals surface area (Å²) in [6.07, 6.45) is 1.50. The van der Waals surface area contributed by atoms with Gasteiger partial charge in [0.1, 0.15) is 11.5 Å². The standard InChI is InChI=1S/C12H13NO4S/c1-13(9-11-3-2-8-17-11)18(15,16)12-6-4-10(14)5-7-12/h2-8,14H,9H2,1H3. The summed E-state index contributed by atoms with van der Waals surface area (Å²) in [6, 6.07) is 8.83. The average Bonchev–Trinajstić information content (AvgIpc) is 2.82. The predicted molar refractivity (Wildman–Crippen MR) is 65.5 cm³/mol. The maximum Gasteiger partial charge on any atom is 0.243 e. The van der Waals surface area contributed by atoms with E-state index in [0.717, 1.165) is 0 Å². The van der Waals surface area contributed by atoms with Crippen molar-refractivity contribution in [1.82, 2.24) is 4.31 Å². The minimum atomic E-state index is -3.57. The molecule has 0 radical (unpaired) electrons. The summed E-state index contributed by atoms with van der Waals surface area (Å²) in [5.74, 6) is 0.600. The van der Waals surface area contributed by atoms with Gasteiger partial charge in [0.15, 0.2) is 0 Å². The lowest BCUT2D eigenvalue weighted by Gasteiger charge is -2.15. The molecule has 0 saturated heterocycles.